The van der Waals surface area contributed by atoms with Crippen molar-refractivity contribution in [3.05, 3.63) is 124 Å². The summed E-state index contributed by atoms with van der Waals surface area (Å²) in [5, 5.41) is 36.9. The number of fused-ring (bicyclic) bond motifs is 4. The van der Waals surface area contributed by atoms with E-state index in [1.54, 1.807) is 42.5 Å². The lowest BCUT2D eigenvalue weighted by molar-refractivity contribution is -0.392. The maximum absolute atomic E-state index is 15.6. The number of hydrogen-bond acceptors (Lipinski definition) is 13. The Kier molecular flexibility index (Phi) is 10.7. The van der Waals surface area contributed by atoms with Crippen molar-refractivity contribution in [2.45, 2.75) is 24.2 Å². The molecule has 2 aliphatic carbocycles. The zero-order valence-corrected chi connectivity index (χ0v) is 36.2. The van der Waals surface area contributed by atoms with Gasteiger partial charge in [0.15, 0.2) is 17.2 Å². The number of aromatic hydroxyl groups is 1. The summed E-state index contributed by atoms with van der Waals surface area (Å²) in [6.07, 6.45) is 1.62. The van der Waals surface area contributed by atoms with Crippen molar-refractivity contribution >= 4 is 91.2 Å². The number of methoxy groups -OCH3 is 2. The summed E-state index contributed by atoms with van der Waals surface area (Å²) in [7, 11) is 5.62. The molecule has 4 aromatic carbocycles. The molecule has 2 N–H and O–H groups in total. The molecule has 4 amide bonds. The molecule has 6 atom stereocenters. The molecule has 0 aromatic heterocycles. The minimum absolute atomic E-state index is 0.0295. The number of allylic oxidation sites excluding steroid dienone is 2. The van der Waals surface area contributed by atoms with E-state index in [1.165, 1.54) is 51.4 Å². The zero-order chi connectivity index (χ0) is 44.7. The molecule has 0 unspecified atom stereocenters. The van der Waals surface area contributed by atoms with E-state index < -0.39 is 79.9 Å². The first-order valence-corrected chi connectivity index (χ1v) is 20.5. The van der Waals surface area contributed by atoms with Crippen LogP contribution >= 0.6 is 39.1 Å². The van der Waals surface area contributed by atoms with Gasteiger partial charge in [0.1, 0.15) is 5.75 Å². The number of carbonyl (C=O) groups is 4. The van der Waals surface area contributed by atoms with Gasteiger partial charge in [-0.2, -0.15) is 5.01 Å². The highest BCUT2D eigenvalue weighted by molar-refractivity contribution is 9.10. The van der Waals surface area contributed by atoms with Crippen LogP contribution in [0.5, 0.6) is 17.2 Å². The highest BCUT2D eigenvalue weighted by Gasteiger charge is 2.70. The standard InChI is InChI=1S/C42H35BrCl2N6O11/c1-47(2)36-31(50(57)58)16-22(17-32(36)51(59)60)48-38(53)25-11-10-24-26(34(25)40(48)55)18-27-39(54)49(46-30-12-7-21(44)15-29(30)45)41(56)42(27,20-5-8-23(61-3)9-6-20)35(24)19-13-28(43)37(52)33(14-19)62-4/h5-10,12-17,25-27,34-35,46,52H,11,18H2,1-4H3/t25-,26+,27-,34-,35-,42+/m0/s1. The highest BCUT2D eigenvalue weighted by Crippen LogP contribution is 2.65. The van der Waals surface area contributed by atoms with E-state index in [0.29, 0.717) is 27.5 Å². The summed E-state index contributed by atoms with van der Waals surface area (Å²) < 4.78 is 11.2. The second-order valence-electron chi connectivity index (χ2n) is 15.5. The van der Waals surface area contributed by atoms with Gasteiger partial charge in [-0.05, 0) is 88.3 Å². The predicted octanol–water partition coefficient (Wildman–Crippen LogP) is 7.55. The Balaban J connectivity index is 1.34. The molecule has 3 fully saturated rings. The number of nitro groups is 2. The minimum atomic E-state index is -1.75. The van der Waals surface area contributed by atoms with E-state index >= 15 is 9.59 Å². The third-order valence-electron chi connectivity index (χ3n) is 12.3. The molecule has 0 radical (unpaired) electrons. The molecule has 4 aliphatic rings. The fourth-order valence-electron chi connectivity index (χ4n) is 9.84. The maximum atomic E-state index is 15.6. The second kappa shape index (κ2) is 15.6. The second-order valence-corrected chi connectivity index (χ2v) is 17.2. The van der Waals surface area contributed by atoms with Gasteiger partial charge in [0, 0.05) is 37.2 Å². The number of imide groups is 2. The molecular formula is C42H35BrCl2N6O11. The number of rotatable bonds is 10. The van der Waals surface area contributed by atoms with E-state index in [-0.39, 0.29) is 50.9 Å². The van der Waals surface area contributed by atoms with Crippen LogP contribution in [-0.4, -0.2) is 71.9 Å². The Morgan fingerprint density at radius 2 is 1.55 bits per heavy atom. The largest absolute Gasteiger partial charge is 0.503 e. The van der Waals surface area contributed by atoms with Gasteiger partial charge in [-0.15, -0.1) is 0 Å². The normalized spacial score (nSPS) is 24.0. The smallest absolute Gasteiger partial charge is 0.301 e. The first-order chi connectivity index (χ1) is 29.4. The Bertz CT molecular complexity index is 2640. The SMILES string of the molecule is COc1ccc([C@@]23C(=O)N(Nc4ccc(Cl)cc4Cl)C(=O)[C@@H]2C[C@@H]2C(=CC[C@@H]4C(=O)N(c5cc([N+](=O)[O-])c(N(C)C)c([N+](=O)[O-])c5)C(=O)[C@@H]42)[C@@H]3c2cc(Br)c(O)c(OC)c2)cc1. The fourth-order valence-corrected chi connectivity index (χ4v) is 10.8. The van der Waals surface area contributed by atoms with Gasteiger partial charge in [0.05, 0.1) is 68.1 Å². The third kappa shape index (κ3) is 6.33. The molecule has 320 valence electrons. The average Bonchev–Trinajstić information content (AvgIpc) is 3.62. The number of nitrogens with zero attached hydrogens (tertiary/aromatic N) is 5. The number of amides is 4. The Morgan fingerprint density at radius 1 is 0.887 bits per heavy atom. The van der Waals surface area contributed by atoms with Crippen molar-refractivity contribution in [2.75, 3.05) is 43.5 Å². The third-order valence-corrected chi connectivity index (χ3v) is 13.5. The van der Waals surface area contributed by atoms with Crippen LogP contribution in [0.4, 0.5) is 28.4 Å². The van der Waals surface area contributed by atoms with Crippen LogP contribution in [0.15, 0.2) is 82.9 Å². The van der Waals surface area contributed by atoms with Crippen molar-refractivity contribution in [3.8, 4) is 17.2 Å². The van der Waals surface area contributed by atoms with E-state index in [4.69, 9.17) is 32.7 Å². The van der Waals surface area contributed by atoms with E-state index in [9.17, 15) is 34.9 Å². The number of hydrazine groups is 1. The lowest BCUT2D eigenvalue weighted by Gasteiger charge is -2.50. The van der Waals surface area contributed by atoms with Crippen LogP contribution in [0.1, 0.15) is 29.9 Å². The van der Waals surface area contributed by atoms with Gasteiger partial charge in [0.2, 0.25) is 11.8 Å². The molecule has 8 rings (SSSR count). The molecule has 62 heavy (non-hydrogen) atoms. The van der Waals surface area contributed by atoms with Crippen molar-refractivity contribution in [2.24, 2.45) is 23.7 Å². The van der Waals surface area contributed by atoms with E-state index in [2.05, 4.69) is 21.4 Å². The Labute approximate surface area is 371 Å². The molecule has 1 saturated carbocycles. The number of halogens is 3. The Morgan fingerprint density at radius 3 is 2.13 bits per heavy atom. The van der Waals surface area contributed by atoms with Crippen LogP contribution in [0, 0.1) is 43.9 Å². The van der Waals surface area contributed by atoms with Crippen LogP contribution in [0.3, 0.4) is 0 Å². The summed E-state index contributed by atoms with van der Waals surface area (Å²) in [4.78, 5) is 84.9. The number of hydrogen-bond donors (Lipinski definition) is 2. The minimum Gasteiger partial charge on any atom is -0.503 e. The number of ether oxygens (including phenoxy) is 2. The van der Waals surface area contributed by atoms with Crippen molar-refractivity contribution in [1.82, 2.24) is 5.01 Å². The monoisotopic (exact) mass is 948 g/mol. The first-order valence-electron chi connectivity index (χ1n) is 19.0. The van der Waals surface area contributed by atoms with Crippen LogP contribution in [0.25, 0.3) is 0 Å². The lowest BCUT2D eigenvalue weighted by atomic mass is 9.49. The van der Waals surface area contributed by atoms with Gasteiger partial charge in [0.25, 0.3) is 11.8 Å². The summed E-state index contributed by atoms with van der Waals surface area (Å²) in [6.45, 7) is 0. The number of benzene rings is 4. The molecule has 0 spiro atoms. The summed E-state index contributed by atoms with van der Waals surface area (Å²) >= 11 is 16.2. The van der Waals surface area contributed by atoms with Crippen molar-refractivity contribution < 1.29 is 43.6 Å². The lowest BCUT2D eigenvalue weighted by Crippen LogP contribution is -2.53. The summed E-state index contributed by atoms with van der Waals surface area (Å²) in [5.74, 6) is -7.96. The predicted molar refractivity (Wildman–Crippen MR) is 230 cm³/mol. The molecule has 2 heterocycles. The number of anilines is 3. The number of carbonyl (C=O) groups excluding carboxylic acids is 4. The molecule has 2 aliphatic heterocycles. The first kappa shape index (κ1) is 42.5. The number of phenols is 1. The molecule has 0 bridgehead atoms. The van der Waals surface area contributed by atoms with Gasteiger partial charge in [-0.1, -0.05) is 47.0 Å². The molecule has 17 nitrogen and oxygen atoms in total. The van der Waals surface area contributed by atoms with Gasteiger partial charge < -0.3 is 19.5 Å². The number of nitro benzene ring substituents is 2. The molecule has 4 aromatic rings. The zero-order valence-electron chi connectivity index (χ0n) is 33.1. The topological polar surface area (TPSA) is 215 Å². The van der Waals surface area contributed by atoms with Gasteiger partial charge >= 0.3 is 11.4 Å². The number of phenolic OH excluding ortho intramolecular Hbond substituents is 1. The summed E-state index contributed by atoms with van der Waals surface area (Å²) in [6, 6.07) is 16.2. The van der Waals surface area contributed by atoms with Gasteiger partial charge in [-0.25, -0.2) is 4.90 Å². The highest BCUT2D eigenvalue weighted by atomic mass is 79.9. The van der Waals surface area contributed by atoms with Crippen LogP contribution < -0.4 is 24.7 Å². The molecule has 2 saturated heterocycles. The quantitative estimate of drug-likeness (QED) is 0.0681. The van der Waals surface area contributed by atoms with E-state index in [0.717, 1.165) is 22.0 Å². The average molecular weight is 951 g/mol. The number of nitrogens with one attached hydrogen (secondary N) is 1. The van der Waals surface area contributed by atoms with Crippen LogP contribution in [0.2, 0.25) is 10.0 Å². The van der Waals surface area contributed by atoms with E-state index in [1.807, 2.05) is 0 Å². The van der Waals surface area contributed by atoms with Crippen molar-refractivity contribution in [1.29, 1.82) is 0 Å². The molecule has 20 heteroatoms. The maximum Gasteiger partial charge on any atom is 0.301 e. The summed E-state index contributed by atoms with van der Waals surface area (Å²) in [5.41, 5.74) is 0.669. The fraction of sp³-hybridized carbons (Fsp3) is 0.286. The van der Waals surface area contributed by atoms with Crippen LogP contribution in [-0.2, 0) is 24.6 Å². The Hall–Kier alpha value is -6.24. The van der Waals surface area contributed by atoms with Gasteiger partial charge in [-0.3, -0.25) is 44.8 Å². The molecular weight excluding hydrogens is 915 g/mol. The van der Waals surface area contributed by atoms with Crippen molar-refractivity contribution in [3.63, 3.8) is 0 Å².